The Bertz CT molecular complexity index is 1960. The average Bonchev–Trinajstić information content (AvgIpc) is 3.20. The SMILES string of the molecule is COc1cc2nc(N3CCN(C(=O)CCCCCCCCCCC(=O)N4CCN(c5nc(N)c6cc(OC)c(OC)cc6n5)CC4)CC3)nc(N)c2cc1C. The van der Waals surface area contributed by atoms with Crippen molar-refractivity contribution in [3.05, 3.63) is 29.8 Å². The Morgan fingerprint density at radius 2 is 0.927 bits per heavy atom. The van der Waals surface area contributed by atoms with E-state index in [9.17, 15) is 9.59 Å². The lowest BCUT2D eigenvalue weighted by Gasteiger charge is -2.35. The second-order valence-electron chi connectivity index (χ2n) is 14.4. The van der Waals surface area contributed by atoms with Gasteiger partial charge in [-0.05, 0) is 37.5 Å². The molecule has 2 fully saturated rings. The normalized spacial score (nSPS) is 14.8. The standard InChI is InChI=1S/C40H56N10O5/c1-27-23-28-30(25-32(27)53-2)43-39(45-37(28)41)49-19-15-47(16-20-49)35(51)13-11-9-7-5-6-8-10-12-14-36(52)48-17-21-50(22-18-48)40-44-31-26-34(55-4)33(54-3)24-29(31)38(42)46-40/h23-26H,5-22H2,1-4H3,(H2,41,43,45)(H2,42,44,46). The zero-order valence-electron chi connectivity index (χ0n) is 32.8. The first-order valence-electron chi connectivity index (χ1n) is 19.6. The lowest BCUT2D eigenvalue weighted by molar-refractivity contribution is -0.132. The van der Waals surface area contributed by atoms with Gasteiger partial charge in [-0.15, -0.1) is 0 Å². The molecule has 2 aliphatic heterocycles. The molecule has 2 saturated heterocycles. The van der Waals surface area contributed by atoms with Gasteiger partial charge in [0.25, 0.3) is 0 Å². The van der Waals surface area contributed by atoms with E-state index in [4.69, 9.17) is 35.6 Å². The van der Waals surface area contributed by atoms with Crippen LogP contribution in [-0.2, 0) is 9.59 Å². The van der Waals surface area contributed by atoms with Crippen LogP contribution in [0, 0.1) is 6.92 Å². The van der Waals surface area contributed by atoms with E-state index in [1.807, 2.05) is 34.9 Å². The molecule has 296 valence electrons. The highest BCUT2D eigenvalue weighted by molar-refractivity contribution is 5.92. The average molecular weight is 757 g/mol. The van der Waals surface area contributed by atoms with Crippen molar-refractivity contribution < 1.29 is 23.8 Å². The van der Waals surface area contributed by atoms with Crippen LogP contribution >= 0.6 is 0 Å². The molecular formula is C40H56N10O5. The van der Waals surface area contributed by atoms with Crippen molar-refractivity contribution in [2.75, 3.05) is 95.0 Å². The summed E-state index contributed by atoms with van der Waals surface area (Å²) >= 11 is 0. The molecular weight excluding hydrogens is 701 g/mol. The summed E-state index contributed by atoms with van der Waals surface area (Å²) in [6, 6.07) is 7.46. The topological polar surface area (TPSA) is 178 Å². The van der Waals surface area contributed by atoms with Crippen LogP contribution in [0.15, 0.2) is 24.3 Å². The van der Waals surface area contributed by atoms with Crippen molar-refractivity contribution in [1.29, 1.82) is 0 Å². The summed E-state index contributed by atoms with van der Waals surface area (Å²) in [5.74, 6) is 4.34. The predicted molar refractivity (Wildman–Crippen MR) is 216 cm³/mol. The van der Waals surface area contributed by atoms with Gasteiger partial charge in [0.05, 0.1) is 32.4 Å². The first-order chi connectivity index (χ1) is 26.7. The number of nitrogen functional groups attached to an aromatic ring is 2. The molecule has 4 heterocycles. The minimum absolute atomic E-state index is 0.212. The number of amides is 2. The van der Waals surface area contributed by atoms with Gasteiger partial charge in [-0.2, -0.15) is 9.97 Å². The van der Waals surface area contributed by atoms with Gasteiger partial charge < -0.3 is 45.3 Å². The molecule has 0 bridgehead atoms. The van der Waals surface area contributed by atoms with Gasteiger partial charge in [0.1, 0.15) is 17.4 Å². The number of anilines is 4. The van der Waals surface area contributed by atoms with Crippen molar-refractivity contribution >= 4 is 57.2 Å². The van der Waals surface area contributed by atoms with Crippen LogP contribution in [0.4, 0.5) is 23.5 Å². The third-order valence-electron chi connectivity index (χ3n) is 10.8. The summed E-state index contributed by atoms with van der Waals surface area (Å²) in [6.07, 6.45) is 9.67. The minimum Gasteiger partial charge on any atom is -0.496 e. The van der Waals surface area contributed by atoms with Crippen LogP contribution in [0.2, 0.25) is 0 Å². The van der Waals surface area contributed by atoms with Crippen molar-refractivity contribution in [2.45, 2.75) is 71.1 Å². The minimum atomic E-state index is 0.212. The Morgan fingerprint density at radius 1 is 0.545 bits per heavy atom. The predicted octanol–water partition coefficient (Wildman–Crippen LogP) is 4.97. The number of methoxy groups -OCH3 is 3. The summed E-state index contributed by atoms with van der Waals surface area (Å²) in [5, 5.41) is 1.53. The van der Waals surface area contributed by atoms with Crippen LogP contribution in [0.1, 0.15) is 69.8 Å². The molecule has 0 saturated carbocycles. The molecule has 0 atom stereocenters. The molecule has 4 N–H and O–H groups in total. The molecule has 4 aromatic rings. The maximum atomic E-state index is 12.9. The maximum absolute atomic E-state index is 12.9. The summed E-state index contributed by atoms with van der Waals surface area (Å²) < 4.78 is 16.3. The molecule has 0 radical (unpaired) electrons. The number of carbonyl (C=O) groups excluding carboxylic acids is 2. The molecule has 15 heteroatoms. The van der Waals surface area contributed by atoms with Crippen LogP contribution in [0.3, 0.4) is 0 Å². The van der Waals surface area contributed by atoms with Gasteiger partial charge in [-0.25, -0.2) is 9.97 Å². The fraction of sp³-hybridized carbons (Fsp3) is 0.550. The third-order valence-corrected chi connectivity index (χ3v) is 10.8. The largest absolute Gasteiger partial charge is 0.496 e. The quantitative estimate of drug-likeness (QED) is 0.147. The summed E-state index contributed by atoms with van der Waals surface area (Å²) in [4.78, 5) is 52.5. The van der Waals surface area contributed by atoms with Crippen LogP contribution in [0.5, 0.6) is 17.2 Å². The number of ether oxygens (including phenoxy) is 3. The number of aryl methyl sites for hydroxylation is 1. The van der Waals surface area contributed by atoms with Crippen LogP contribution in [0.25, 0.3) is 21.8 Å². The molecule has 2 amide bonds. The summed E-state index contributed by atoms with van der Waals surface area (Å²) in [5.41, 5.74) is 15.0. The monoisotopic (exact) mass is 756 g/mol. The van der Waals surface area contributed by atoms with E-state index >= 15 is 0 Å². The Labute approximate surface area is 323 Å². The number of fused-ring (bicyclic) bond motifs is 2. The highest BCUT2D eigenvalue weighted by atomic mass is 16.5. The molecule has 0 aliphatic carbocycles. The Morgan fingerprint density at radius 3 is 1.36 bits per heavy atom. The molecule has 15 nitrogen and oxygen atoms in total. The highest BCUT2D eigenvalue weighted by Gasteiger charge is 2.25. The number of piperazine rings is 2. The lowest BCUT2D eigenvalue weighted by atomic mass is 10.1. The number of aromatic nitrogens is 4. The molecule has 0 spiro atoms. The van der Waals surface area contributed by atoms with Crippen molar-refractivity contribution in [1.82, 2.24) is 29.7 Å². The molecule has 6 rings (SSSR count). The van der Waals surface area contributed by atoms with E-state index in [2.05, 4.69) is 19.8 Å². The number of rotatable bonds is 16. The van der Waals surface area contributed by atoms with Gasteiger partial charge >= 0.3 is 0 Å². The second-order valence-corrected chi connectivity index (χ2v) is 14.4. The number of hydrogen-bond acceptors (Lipinski definition) is 13. The van der Waals surface area contributed by atoms with Gasteiger partial charge in [0, 0.05) is 88.1 Å². The number of nitrogens with zero attached hydrogens (tertiary/aromatic N) is 8. The molecule has 2 aromatic carbocycles. The molecule has 2 aromatic heterocycles. The van der Waals surface area contributed by atoms with Crippen molar-refractivity contribution in [2.24, 2.45) is 0 Å². The van der Waals surface area contributed by atoms with Crippen LogP contribution in [-0.4, -0.2) is 115 Å². The van der Waals surface area contributed by atoms with E-state index < -0.39 is 0 Å². The van der Waals surface area contributed by atoms with E-state index in [0.717, 1.165) is 73.6 Å². The van der Waals surface area contributed by atoms with E-state index in [0.29, 0.717) is 111 Å². The fourth-order valence-corrected chi connectivity index (χ4v) is 7.49. The first kappa shape index (κ1) is 39.4. The Kier molecular flexibility index (Phi) is 13.1. The fourth-order valence-electron chi connectivity index (χ4n) is 7.49. The first-order valence-corrected chi connectivity index (χ1v) is 19.6. The van der Waals surface area contributed by atoms with E-state index in [1.54, 1.807) is 27.4 Å². The summed E-state index contributed by atoms with van der Waals surface area (Å²) in [6.45, 7) is 7.20. The Balaban J connectivity index is 0.807. The molecule has 2 aliphatic rings. The lowest BCUT2D eigenvalue weighted by Crippen LogP contribution is -2.49. The van der Waals surface area contributed by atoms with E-state index in [1.165, 1.54) is 0 Å². The second kappa shape index (κ2) is 18.3. The summed E-state index contributed by atoms with van der Waals surface area (Å²) in [7, 11) is 4.82. The van der Waals surface area contributed by atoms with Gasteiger partial charge in [0.15, 0.2) is 11.5 Å². The van der Waals surface area contributed by atoms with Gasteiger partial charge in [0.2, 0.25) is 23.7 Å². The number of unbranched alkanes of at least 4 members (excludes halogenated alkanes) is 7. The number of nitrogens with two attached hydrogens (primary N) is 2. The van der Waals surface area contributed by atoms with E-state index in [-0.39, 0.29) is 11.8 Å². The smallest absolute Gasteiger partial charge is 0.228 e. The van der Waals surface area contributed by atoms with Crippen molar-refractivity contribution in [3.8, 4) is 17.2 Å². The number of hydrogen-bond donors (Lipinski definition) is 2. The van der Waals surface area contributed by atoms with Crippen LogP contribution < -0.4 is 35.5 Å². The zero-order chi connectivity index (χ0) is 38.9. The number of benzene rings is 2. The van der Waals surface area contributed by atoms with Gasteiger partial charge in [-0.1, -0.05) is 38.5 Å². The maximum Gasteiger partial charge on any atom is 0.228 e. The highest BCUT2D eigenvalue weighted by Crippen LogP contribution is 2.34. The van der Waals surface area contributed by atoms with Crippen molar-refractivity contribution in [3.63, 3.8) is 0 Å². The molecule has 0 unspecified atom stereocenters. The zero-order valence-corrected chi connectivity index (χ0v) is 32.8. The third kappa shape index (κ3) is 9.49. The molecule has 55 heavy (non-hydrogen) atoms. The number of carbonyl (C=O) groups is 2. The Hall–Kier alpha value is -5.34. The van der Waals surface area contributed by atoms with Gasteiger partial charge in [-0.3, -0.25) is 9.59 Å².